The molecule has 0 radical (unpaired) electrons. The van der Waals surface area contributed by atoms with Gasteiger partial charge >= 0.3 is 0 Å². The van der Waals surface area contributed by atoms with E-state index in [-0.39, 0.29) is 12.4 Å². The Balaban J connectivity index is 0.00000128. The summed E-state index contributed by atoms with van der Waals surface area (Å²) in [5.74, 6) is 1.23. The molecule has 1 heterocycles. The summed E-state index contributed by atoms with van der Waals surface area (Å²) in [6, 6.07) is 0.464. The average molecular weight is 247 g/mol. The topological polar surface area (TPSA) is 32.3 Å². The van der Waals surface area contributed by atoms with Crippen LogP contribution in [0.4, 0.5) is 0 Å². The van der Waals surface area contributed by atoms with E-state index >= 15 is 0 Å². The van der Waals surface area contributed by atoms with Crippen LogP contribution in [0.25, 0.3) is 0 Å². The fraction of sp³-hybridized carbons (Fsp3) is 0.917. The van der Waals surface area contributed by atoms with E-state index in [0.717, 1.165) is 38.4 Å². The lowest BCUT2D eigenvalue weighted by Crippen LogP contribution is -2.51. The Kier molecular flexibility index (Phi) is 5.56. The average Bonchev–Trinajstić information content (AvgIpc) is 2.15. The predicted octanol–water partition coefficient (Wildman–Crippen LogP) is 1.81. The zero-order chi connectivity index (χ0) is 10.7. The lowest BCUT2D eigenvalue weighted by Gasteiger charge is -2.33. The van der Waals surface area contributed by atoms with E-state index in [1.54, 1.807) is 0 Å². The van der Waals surface area contributed by atoms with Gasteiger partial charge in [-0.1, -0.05) is 19.3 Å². The molecular weight excluding hydrogens is 224 g/mol. The molecule has 4 heteroatoms. The monoisotopic (exact) mass is 246 g/mol. The molecule has 1 saturated carbocycles. The summed E-state index contributed by atoms with van der Waals surface area (Å²) in [4.78, 5) is 13.9. The highest BCUT2D eigenvalue weighted by atomic mass is 35.5. The van der Waals surface area contributed by atoms with Gasteiger partial charge in [0, 0.05) is 32.1 Å². The highest BCUT2D eigenvalue weighted by Crippen LogP contribution is 2.30. The van der Waals surface area contributed by atoms with Crippen LogP contribution in [0.1, 0.15) is 39.0 Å². The van der Waals surface area contributed by atoms with Crippen molar-refractivity contribution in [3.05, 3.63) is 0 Å². The molecule has 1 atom stereocenters. The molecule has 0 aromatic carbocycles. The minimum atomic E-state index is 0. The number of nitrogens with one attached hydrogen (secondary N) is 1. The van der Waals surface area contributed by atoms with Crippen LogP contribution in [0.15, 0.2) is 0 Å². The van der Waals surface area contributed by atoms with Gasteiger partial charge in [-0.25, -0.2) is 0 Å². The molecular formula is C12H23ClN2O. The van der Waals surface area contributed by atoms with E-state index in [1.807, 2.05) is 4.90 Å². The molecule has 2 aliphatic rings. The first kappa shape index (κ1) is 13.8. The zero-order valence-corrected chi connectivity index (χ0v) is 10.9. The summed E-state index contributed by atoms with van der Waals surface area (Å²) < 4.78 is 0. The fourth-order valence-corrected chi connectivity index (χ4v) is 2.43. The van der Waals surface area contributed by atoms with Gasteiger partial charge in [-0.3, -0.25) is 4.79 Å². The normalized spacial score (nSPS) is 25.8. The second-order valence-electron chi connectivity index (χ2n) is 5.03. The SMILES string of the molecule is C[C@@H]1CN(C(=O)CCC2CCC2)CCN1.Cl. The molecule has 94 valence electrons. The van der Waals surface area contributed by atoms with Crippen molar-refractivity contribution in [1.29, 1.82) is 0 Å². The third-order valence-electron chi connectivity index (χ3n) is 3.71. The molecule has 3 nitrogen and oxygen atoms in total. The number of halogens is 1. The minimum Gasteiger partial charge on any atom is -0.340 e. The van der Waals surface area contributed by atoms with Crippen molar-refractivity contribution < 1.29 is 4.79 Å². The van der Waals surface area contributed by atoms with E-state index in [1.165, 1.54) is 19.3 Å². The molecule has 1 aliphatic carbocycles. The summed E-state index contributed by atoms with van der Waals surface area (Å²) in [6.45, 7) is 4.89. The van der Waals surface area contributed by atoms with Crippen molar-refractivity contribution in [1.82, 2.24) is 10.2 Å². The Labute approximate surface area is 104 Å². The van der Waals surface area contributed by atoms with Crippen molar-refractivity contribution in [2.45, 2.75) is 45.1 Å². The molecule has 0 aromatic rings. The van der Waals surface area contributed by atoms with Gasteiger partial charge in [0.05, 0.1) is 0 Å². The summed E-state index contributed by atoms with van der Waals surface area (Å²) >= 11 is 0. The number of rotatable bonds is 3. The molecule has 0 aromatic heterocycles. The molecule has 16 heavy (non-hydrogen) atoms. The molecule has 1 N–H and O–H groups in total. The maximum Gasteiger partial charge on any atom is 0.222 e. The molecule has 0 bridgehead atoms. The van der Waals surface area contributed by atoms with Gasteiger partial charge in [0.15, 0.2) is 0 Å². The second-order valence-corrected chi connectivity index (χ2v) is 5.03. The van der Waals surface area contributed by atoms with E-state index < -0.39 is 0 Å². The standard InChI is InChI=1S/C12H22N2O.ClH/c1-10-9-14(8-7-13-10)12(15)6-5-11-3-2-4-11;/h10-11,13H,2-9H2,1H3;1H/t10-;/m1./s1. The van der Waals surface area contributed by atoms with Crippen molar-refractivity contribution >= 4 is 18.3 Å². The molecule has 2 fully saturated rings. The first-order valence-electron chi connectivity index (χ1n) is 6.27. The van der Waals surface area contributed by atoms with Crippen LogP contribution >= 0.6 is 12.4 Å². The van der Waals surface area contributed by atoms with Gasteiger partial charge in [0.1, 0.15) is 0 Å². The zero-order valence-electron chi connectivity index (χ0n) is 10.1. The summed E-state index contributed by atoms with van der Waals surface area (Å²) in [6.07, 6.45) is 5.98. The molecule has 1 amide bonds. The number of carbonyl (C=O) groups is 1. The number of amides is 1. The van der Waals surface area contributed by atoms with Crippen molar-refractivity contribution in [2.24, 2.45) is 5.92 Å². The van der Waals surface area contributed by atoms with Crippen molar-refractivity contribution in [3.63, 3.8) is 0 Å². The van der Waals surface area contributed by atoms with E-state index in [0.29, 0.717) is 11.9 Å². The van der Waals surface area contributed by atoms with Gasteiger partial charge in [-0.05, 0) is 19.3 Å². The Morgan fingerprint density at radius 2 is 2.19 bits per heavy atom. The third kappa shape index (κ3) is 3.63. The Morgan fingerprint density at radius 1 is 1.44 bits per heavy atom. The molecule has 0 spiro atoms. The number of nitrogens with zero attached hydrogens (tertiary/aromatic N) is 1. The Hall–Kier alpha value is -0.280. The van der Waals surface area contributed by atoms with Crippen LogP contribution in [0.2, 0.25) is 0 Å². The summed E-state index contributed by atoms with van der Waals surface area (Å²) in [5.41, 5.74) is 0. The highest BCUT2D eigenvalue weighted by Gasteiger charge is 2.23. The second kappa shape index (κ2) is 6.45. The van der Waals surface area contributed by atoms with Crippen LogP contribution in [-0.2, 0) is 4.79 Å². The number of hydrogen-bond acceptors (Lipinski definition) is 2. The first-order chi connectivity index (χ1) is 7.25. The Morgan fingerprint density at radius 3 is 2.75 bits per heavy atom. The molecule has 1 aliphatic heterocycles. The predicted molar refractivity (Wildman–Crippen MR) is 67.9 cm³/mol. The molecule has 2 rings (SSSR count). The summed E-state index contributed by atoms with van der Waals surface area (Å²) in [5, 5.41) is 3.36. The largest absolute Gasteiger partial charge is 0.340 e. The van der Waals surface area contributed by atoms with Gasteiger partial charge < -0.3 is 10.2 Å². The van der Waals surface area contributed by atoms with E-state index in [2.05, 4.69) is 12.2 Å². The molecule has 0 unspecified atom stereocenters. The number of hydrogen-bond donors (Lipinski definition) is 1. The first-order valence-corrected chi connectivity index (χ1v) is 6.27. The smallest absolute Gasteiger partial charge is 0.222 e. The van der Waals surface area contributed by atoms with Gasteiger partial charge in [0.25, 0.3) is 0 Å². The Bertz CT molecular complexity index is 231. The third-order valence-corrected chi connectivity index (χ3v) is 3.71. The van der Waals surface area contributed by atoms with Gasteiger partial charge in [0.2, 0.25) is 5.91 Å². The lowest BCUT2D eigenvalue weighted by molar-refractivity contribution is -0.132. The van der Waals surface area contributed by atoms with Crippen LogP contribution in [0, 0.1) is 5.92 Å². The quantitative estimate of drug-likeness (QED) is 0.824. The van der Waals surface area contributed by atoms with Crippen LogP contribution in [-0.4, -0.2) is 36.5 Å². The summed E-state index contributed by atoms with van der Waals surface area (Å²) in [7, 11) is 0. The van der Waals surface area contributed by atoms with Crippen LogP contribution in [0.5, 0.6) is 0 Å². The van der Waals surface area contributed by atoms with E-state index in [9.17, 15) is 4.79 Å². The fourth-order valence-electron chi connectivity index (χ4n) is 2.43. The van der Waals surface area contributed by atoms with Crippen LogP contribution in [0.3, 0.4) is 0 Å². The molecule has 1 saturated heterocycles. The lowest BCUT2D eigenvalue weighted by atomic mass is 9.82. The minimum absolute atomic E-state index is 0. The highest BCUT2D eigenvalue weighted by molar-refractivity contribution is 5.85. The van der Waals surface area contributed by atoms with Gasteiger partial charge in [-0.15, -0.1) is 12.4 Å². The maximum atomic E-state index is 11.9. The number of carbonyl (C=O) groups excluding carboxylic acids is 1. The van der Waals surface area contributed by atoms with Crippen molar-refractivity contribution in [2.75, 3.05) is 19.6 Å². The van der Waals surface area contributed by atoms with Crippen LogP contribution < -0.4 is 5.32 Å². The maximum absolute atomic E-state index is 11.9. The van der Waals surface area contributed by atoms with E-state index in [4.69, 9.17) is 0 Å². The number of piperazine rings is 1. The van der Waals surface area contributed by atoms with Gasteiger partial charge in [-0.2, -0.15) is 0 Å². The van der Waals surface area contributed by atoms with Crippen molar-refractivity contribution in [3.8, 4) is 0 Å².